The third-order valence-electron chi connectivity index (χ3n) is 5.76. The standard InChI is InChI=1S/C23H20F3NO3S/c1-12-19(22(29)30-2)20(14-6-3-4-7-15(14)23(24,25)26)21-16(27-12)10-13(11-17(21)28)18-8-5-9-31-18/h3-9,13,20,27H,10-11H2,1-2H3. The molecule has 2 aromatic rings. The lowest BCUT2D eigenvalue weighted by Crippen LogP contribution is -2.36. The number of esters is 1. The first-order valence-corrected chi connectivity index (χ1v) is 10.6. The second-order valence-corrected chi connectivity index (χ2v) is 8.59. The number of benzene rings is 1. The lowest BCUT2D eigenvalue weighted by atomic mass is 9.71. The number of methoxy groups -OCH3 is 1. The number of carbonyl (C=O) groups excluding carboxylic acids is 2. The van der Waals surface area contributed by atoms with Crippen LogP contribution in [0.4, 0.5) is 13.2 Å². The predicted octanol–water partition coefficient (Wildman–Crippen LogP) is 5.30. The van der Waals surface area contributed by atoms with Crippen LogP contribution in [0.5, 0.6) is 0 Å². The molecule has 0 saturated carbocycles. The minimum atomic E-state index is -4.63. The number of allylic oxidation sites excluding steroid dienone is 3. The summed E-state index contributed by atoms with van der Waals surface area (Å²) in [5, 5.41) is 5.06. The maximum absolute atomic E-state index is 13.8. The molecule has 1 aliphatic carbocycles. The molecule has 0 amide bonds. The van der Waals surface area contributed by atoms with Crippen LogP contribution in [0.1, 0.15) is 47.6 Å². The normalized spacial score (nSPS) is 21.6. The quantitative estimate of drug-likeness (QED) is 0.649. The minimum Gasteiger partial charge on any atom is -0.466 e. The van der Waals surface area contributed by atoms with E-state index in [0.717, 1.165) is 10.9 Å². The summed E-state index contributed by atoms with van der Waals surface area (Å²) < 4.78 is 46.4. The molecule has 0 radical (unpaired) electrons. The molecular formula is C23H20F3NO3S. The van der Waals surface area contributed by atoms with Gasteiger partial charge in [0.1, 0.15) is 0 Å². The Morgan fingerprint density at radius 2 is 1.90 bits per heavy atom. The largest absolute Gasteiger partial charge is 0.466 e. The fourth-order valence-corrected chi connectivity index (χ4v) is 5.29. The first-order valence-electron chi connectivity index (χ1n) is 9.74. The van der Waals surface area contributed by atoms with Crippen LogP contribution in [-0.4, -0.2) is 18.9 Å². The van der Waals surface area contributed by atoms with Gasteiger partial charge in [-0.3, -0.25) is 4.79 Å². The van der Waals surface area contributed by atoms with Crippen LogP contribution in [0.2, 0.25) is 0 Å². The summed E-state index contributed by atoms with van der Waals surface area (Å²) in [5.41, 5.74) is 0.230. The number of thiophene rings is 1. The Morgan fingerprint density at radius 1 is 1.16 bits per heavy atom. The van der Waals surface area contributed by atoms with E-state index in [1.165, 1.54) is 25.3 Å². The molecule has 2 atom stereocenters. The van der Waals surface area contributed by atoms with E-state index >= 15 is 0 Å². The Balaban J connectivity index is 1.90. The molecule has 162 valence electrons. The second-order valence-electron chi connectivity index (χ2n) is 7.61. The van der Waals surface area contributed by atoms with Crippen molar-refractivity contribution in [3.63, 3.8) is 0 Å². The number of hydrogen-bond acceptors (Lipinski definition) is 5. The zero-order chi connectivity index (χ0) is 22.3. The average molecular weight is 447 g/mol. The number of halogens is 3. The highest BCUT2D eigenvalue weighted by molar-refractivity contribution is 7.10. The Labute approximate surface area is 181 Å². The highest BCUT2D eigenvalue weighted by Gasteiger charge is 2.45. The van der Waals surface area contributed by atoms with Crippen LogP contribution >= 0.6 is 11.3 Å². The van der Waals surface area contributed by atoms with Crippen molar-refractivity contribution in [3.05, 3.63) is 80.3 Å². The molecule has 1 aromatic heterocycles. The number of rotatable bonds is 3. The van der Waals surface area contributed by atoms with Crippen molar-refractivity contribution in [1.82, 2.24) is 5.32 Å². The summed E-state index contributed by atoms with van der Waals surface area (Å²) in [7, 11) is 1.18. The van der Waals surface area contributed by atoms with Gasteiger partial charge in [0.2, 0.25) is 0 Å². The van der Waals surface area contributed by atoms with Crippen LogP contribution in [-0.2, 0) is 20.5 Å². The zero-order valence-corrected chi connectivity index (χ0v) is 17.7. The zero-order valence-electron chi connectivity index (χ0n) is 16.9. The Morgan fingerprint density at radius 3 is 2.55 bits per heavy atom. The number of nitrogens with one attached hydrogen (secondary N) is 1. The number of hydrogen-bond donors (Lipinski definition) is 1. The van der Waals surface area contributed by atoms with E-state index in [-0.39, 0.29) is 34.8 Å². The minimum absolute atomic E-state index is 0.0286. The van der Waals surface area contributed by atoms with Gasteiger partial charge in [-0.2, -0.15) is 13.2 Å². The van der Waals surface area contributed by atoms with Crippen molar-refractivity contribution in [1.29, 1.82) is 0 Å². The second kappa shape index (κ2) is 8.00. The van der Waals surface area contributed by atoms with Crippen molar-refractivity contribution < 1.29 is 27.5 Å². The number of alkyl halides is 3. The number of dihydropyridines is 1. The van der Waals surface area contributed by atoms with E-state index in [0.29, 0.717) is 17.8 Å². The van der Waals surface area contributed by atoms with Gasteiger partial charge in [0.05, 0.1) is 18.2 Å². The first-order chi connectivity index (χ1) is 14.7. The molecule has 0 saturated heterocycles. The molecule has 2 aliphatic rings. The summed E-state index contributed by atoms with van der Waals surface area (Å²) in [5.74, 6) is -2.21. The Kier molecular flexibility index (Phi) is 5.51. The SMILES string of the molecule is COC(=O)C1=C(C)NC2=C(C(=O)CC(c3cccs3)C2)C1c1ccccc1C(F)(F)F. The van der Waals surface area contributed by atoms with Crippen molar-refractivity contribution >= 4 is 23.1 Å². The molecule has 1 N–H and O–H groups in total. The lowest BCUT2D eigenvalue weighted by Gasteiger charge is -2.37. The van der Waals surface area contributed by atoms with E-state index in [4.69, 9.17) is 4.74 Å². The lowest BCUT2D eigenvalue weighted by molar-refractivity contribution is -0.139. The van der Waals surface area contributed by atoms with E-state index in [1.807, 2.05) is 17.5 Å². The molecule has 1 aliphatic heterocycles. The van der Waals surface area contributed by atoms with E-state index < -0.39 is 23.6 Å². The smallest absolute Gasteiger partial charge is 0.416 e. The van der Waals surface area contributed by atoms with Gasteiger partial charge in [0, 0.05) is 40.1 Å². The summed E-state index contributed by atoms with van der Waals surface area (Å²) >= 11 is 1.55. The van der Waals surface area contributed by atoms with Crippen molar-refractivity contribution in [3.8, 4) is 0 Å². The number of Topliss-reactive ketones (excluding diaryl/α,β-unsaturated/α-hetero) is 1. The van der Waals surface area contributed by atoms with Gasteiger partial charge in [-0.1, -0.05) is 24.3 Å². The van der Waals surface area contributed by atoms with Crippen molar-refractivity contribution in [2.24, 2.45) is 0 Å². The predicted molar refractivity (Wildman–Crippen MR) is 110 cm³/mol. The van der Waals surface area contributed by atoms with Gasteiger partial charge in [0.15, 0.2) is 5.78 Å². The topological polar surface area (TPSA) is 55.4 Å². The Hall–Kier alpha value is -2.87. The van der Waals surface area contributed by atoms with E-state index in [9.17, 15) is 22.8 Å². The molecular weight excluding hydrogens is 427 g/mol. The average Bonchev–Trinajstić information content (AvgIpc) is 3.26. The molecule has 0 spiro atoms. The van der Waals surface area contributed by atoms with Crippen LogP contribution in [0.25, 0.3) is 0 Å². The molecule has 2 heterocycles. The van der Waals surface area contributed by atoms with Gasteiger partial charge in [-0.25, -0.2) is 4.79 Å². The van der Waals surface area contributed by atoms with Gasteiger partial charge >= 0.3 is 12.1 Å². The molecule has 4 rings (SSSR count). The molecule has 0 fully saturated rings. The fraction of sp³-hybridized carbons (Fsp3) is 0.304. The number of ether oxygens (including phenoxy) is 1. The Bertz CT molecular complexity index is 1100. The molecule has 2 unspecified atom stereocenters. The highest BCUT2D eigenvalue weighted by Crippen LogP contribution is 2.48. The molecule has 31 heavy (non-hydrogen) atoms. The maximum atomic E-state index is 13.8. The van der Waals surface area contributed by atoms with Crippen LogP contribution in [0.15, 0.2) is 64.3 Å². The van der Waals surface area contributed by atoms with Gasteiger partial charge in [-0.05, 0) is 36.4 Å². The fourth-order valence-electron chi connectivity index (χ4n) is 4.46. The first kappa shape index (κ1) is 21.4. The van der Waals surface area contributed by atoms with Gasteiger partial charge < -0.3 is 10.1 Å². The summed E-state index contributed by atoms with van der Waals surface area (Å²) in [6, 6.07) is 8.95. The highest BCUT2D eigenvalue weighted by atomic mass is 32.1. The summed E-state index contributed by atoms with van der Waals surface area (Å²) in [4.78, 5) is 27.0. The number of carbonyl (C=O) groups is 2. The maximum Gasteiger partial charge on any atom is 0.416 e. The van der Waals surface area contributed by atoms with Gasteiger partial charge in [0.25, 0.3) is 0 Å². The van der Waals surface area contributed by atoms with Gasteiger partial charge in [-0.15, -0.1) is 11.3 Å². The third kappa shape index (κ3) is 3.80. The van der Waals surface area contributed by atoms with E-state index in [1.54, 1.807) is 18.3 Å². The third-order valence-corrected chi connectivity index (χ3v) is 6.79. The molecule has 1 aromatic carbocycles. The van der Waals surface area contributed by atoms with Crippen molar-refractivity contribution in [2.45, 2.75) is 37.8 Å². The number of ketones is 1. The molecule has 4 nitrogen and oxygen atoms in total. The monoisotopic (exact) mass is 447 g/mol. The summed E-state index contributed by atoms with van der Waals surface area (Å²) in [6.45, 7) is 1.62. The van der Waals surface area contributed by atoms with Crippen LogP contribution < -0.4 is 5.32 Å². The van der Waals surface area contributed by atoms with Crippen molar-refractivity contribution in [2.75, 3.05) is 7.11 Å². The van der Waals surface area contributed by atoms with E-state index in [2.05, 4.69) is 5.32 Å². The van der Waals surface area contributed by atoms with Crippen LogP contribution in [0, 0.1) is 0 Å². The molecule has 8 heteroatoms. The van der Waals surface area contributed by atoms with Crippen LogP contribution in [0.3, 0.4) is 0 Å². The summed E-state index contributed by atoms with van der Waals surface area (Å²) in [6.07, 6.45) is -3.97. The molecule has 0 bridgehead atoms.